The molecule has 1 unspecified atom stereocenters. The van der Waals surface area contributed by atoms with E-state index in [0.717, 1.165) is 33.3 Å². The maximum atomic E-state index is 12.4. The number of nitrogens with one attached hydrogen (secondary N) is 1. The molecule has 2 aromatic rings. The Hall–Kier alpha value is -2.38. The van der Waals surface area contributed by atoms with Gasteiger partial charge in [-0.2, -0.15) is 5.10 Å². The molecule has 2 aliphatic rings. The highest BCUT2D eigenvalue weighted by Gasteiger charge is 2.37. The van der Waals surface area contributed by atoms with E-state index in [4.69, 9.17) is 14.2 Å². The first-order valence-electron chi connectivity index (χ1n) is 8.68. The van der Waals surface area contributed by atoms with E-state index in [1.807, 2.05) is 43.3 Å². The number of benzene rings is 2. The molecule has 27 heavy (non-hydrogen) atoms. The number of halogens is 1. The molecule has 0 bridgehead atoms. The summed E-state index contributed by atoms with van der Waals surface area (Å²) in [6.45, 7) is 2.70. The Morgan fingerprint density at radius 1 is 1.26 bits per heavy atom. The quantitative estimate of drug-likeness (QED) is 0.595. The normalized spacial score (nSPS) is 20.5. The molecule has 1 N–H and O–H groups in total. The molecule has 2 aliphatic heterocycles. The lowest BCUT2D eigenvalue weighted by atomic mass is 9.84. The molecule has 0 aliphatic carbocycles. The molecule has 1 atom stereocenters. The van der Waals surface area contributed by atoms with Crippen LogP contribution in [-0.2, 0) is 21.6 Å². The van der Waals surface area contributed by atoms with E-state index in [1.165, 1.54) is 0 Å². The van der Waals surface area contributed by atoms with Crippen LogP contribution in [0.25, 0.3) is 0 Å². The summed E-state index contributed by atoms with van der Waals surface area (Å²) in [5.41, 5.74) is 4.84. The fraction of sp³-hybridized carbons (Fsp3) is 0.300. The van der Waals surface area contributed by atoms with Crippen LogP contribution in [0.5, 0.6) is 11.5 Å². The van der Waals surface area contributed by atoms with Gasteiger partial charge < -0.3 is 14.2 Å². The van der Waals surface area contributed by atoms with Crippen molar-refractivity contribution in [1.29, 1.82) is 0 Å². The SMILES string of the molecule is CC1(CC(=O)N/N=C\c2ccc(Br)cc2)OCCc2cc3c(cc21)OCO3. The summed E-state index contributed by atoms with van der Waals surface area (Å²) < 4.78 is 17.9. The molecule has 0 saturated heterocycles. The average molecular weight is 431 g/mol. The summed E-state index contributed by atoms with van der Waals surface area (Å²) in [6.07, 6.45) is 2.56. The first-order valence-corrected chi connectivity index (χ1v) is 9.47. The second-order valence-corrected chi connectivity index (χ2v) is 7.63. The number of fused-ring (bicyclic) bond motifs is 2. The number of amides is 1. The number of ether oxygens (including phenoxy) is 3. The van der Waals surface area contributed by atoms with Gasteiger partial charge in [0.15, 0.2) is 11.5 Å². The summed E-state index contributed by atoms with van der Waals surface area (Å²) in [6, 6.07) is 11.6. The molecule has 0 fully saturated rings. The smallest absolute Gasteiger partial charge is 0.243 e. The Morgan fingerprint density at radius 3 is 2.78 bits per heavy atom. The van der Waals surface area contributed by atoms with Gasteiger partial charge in [0.25, 0.3) is 0 Å². The zero-order chi connectivity index (χ0) is 18.9. The van der Waals surface area contributed by atoms with Gasteiger partial charge in [0, 0.05) is 4.47 Å². The van der Waals surface area contributed by atoms with Crippen molar-refractivity contribution in [3.05, 3.63) is 57.6 Å². The van der Waals surface area contributed by atoms with Crippen molar-refractivity contribution >= 4 is 28.1 Å². The van der Waals surface area contributed by atoms with Crippen LogP contribution in [0.1, 0.15) is 30.0 Å². The van der Waals surface area contributed by atoms with Gasteiger partial charge >= 0.3 is 0 Å². The molecule has 6 nitrogen and oxygen atoms in total. The van der Waals surface area contributed by atoms with E-state index < -0.39 is 5.60 Å². The van der Waals surface area contributed by atoms with Crippen LogP contribution in [-0.4, -0.2) is 25.5 Å². The molecule has 2 heterocycles. The molecule has 7 heteroatoms. The summed E-state index contributed by atoms with van der Waals surface area (Å²) in [4.78, 5) is 12.4. The van der Waals surface area contributed by atoms with Crippen molar-refractivity contribution in [2.75, 3.05) is 13.4 Å². The minimum Gasteiger partial charge on any atom is -0.454 e. The van der Waals surface area contributed by atoms with Crippen LogP contribution in [0, 0.1) is 0 Å². The summed E-state index contributed by atoms with van der Waals surface area (Å²) >= 11 is 3.38. The van der Waals surface area contributed by atoms with Crippen LogP contribution in [0.4, 0.5) is 0 Å². The highest BCUT2D eigenvalue weighted by Crippen LogP contribution is 2.43. The van der Waals surface area contributed by atoms with E-state index in [0.29, 0.717) is 12.4 Å². The van der Waals surface area contributed by atoms with Crippen molar-refractivity contribution in [1.82, 2.24) is 5.43 Å². The number of carbonyl (C=O) groups is 1. The molecule has 0 aromatic heterocycles. The van der Waals surface area contributed by atoms with E-state index >= 15 is 0 Å². The number of hydrogen-bond acceptors (Lipinski definition) is 5. The minimum atomic E-state index is -0.730. The van der Waals surface area contributed by atoms with E-state index in [2.05, 4.69) is 26.5 Å². The van der Waals surface area contributed by atoms with Crippen LogP contribution in [0.15, 0.2) is 46.0 Å². The highest BCUT2D eigenvalue weighted by atomic mass is 79.9. The lowest BCUT2D eigenvalue weighted by Gasteiger charge is -2.35. The van der Waals surface area contributed by atoms with Crippen LogP contribution in [0.3, 0.4) is 0 Å². The molecule has 0 saturated carbocycles. The number of carbonyl (C=O) groups excluding carboxylic acids is 1. The van der Waals surface area contributed by atoms with Gasteiger partial charge in [-0.25, -0.2) is 5.43 Å². The van der Waals surface area contributed by atoms with Gasteiger partial charge in [0.05, 0.1) is 24.8 Å². The summed E-state index contributed by atoms with van der Waals surface area (Å²) in [5.74, 6) is 1.23. The number of hydrazone groups is 1. The average Bonchev–Trinajstić information content (AvgIpc) is 3.10. The Balaban J connectivity index is 1.46. The van der Waals surface area contributed by atoms with Crippen molar-refractivity contribution in [2.24, 2.45) is 5.10 Å². The summed E-state index contributed by atoms with van der Waals surface area (Å²) in [7, 11) is 0. The number of hydrogen-bond donors (Lipinski definition) is 1. The first-order chi connectivity index (χ1) is 13.0. The van der Waals surface area contributed by atoms with E-state index in [1.54, 1.807) is 6.21 Å². The van der Waals surface area contributed by atoms with Crippen molar-refractivity contribution in [2.45, 2.75) is 25.4 Å². The number of rotatable bonds is 4. The maximum Gasteiger partial charge on any atom is 0.243 e. The third-order valence-electron chi connectivity index (χ3n) is 4.73. The van der Waals surface area contributed by atoms with Gasteiger partial charge in [0.2, 0.25) is 12.7 Å². The first kappa shape index (κ1) is 18.0. The van der Waals surface area contributed by atoms with E-state index in [9.17, 15) is 4.79 Å². The molecule has 140 valence electrons. The van der Waals surface area contributed by atoms with Crippen LogP contribution in [0.2, 0.25) is 0 Å². The van der Waals surface area contributed by atoms with Gasteiger partial charge in [-0.3, -0.25) is 4.79 Å². The molecule has 0 radical (unpaired) electrons. The Morgan fingerprint density at radius 2 is 2.00 bits per heavy atom. The Bertz CT molecular complexity index is 898. The lowest BCUT2D eigenvalue weighted by Crippen LogP contribution is -2.37. The van der Waals surface area contributed by atoms with Gasteiger partial charge in [-0.05, 0) is 54.3 Å². The van der Waals surface area contributed by atoms with Crippen molar-refractivity contribution < 1.29 is 19.0 Å². The topological polar surface area (TPSA) is 69.2 Å². The zero-order valence-corrected chi connectivity index (χ0v) is 16.4. The van der Waals surface area contributed by atoms with E-state index in [-0.39, 0.29) is 19.1 Å². The Labute approximate surface area is 165 Å². The molecule has 4 rings (SSSR count). The third-order valence-corrected chi connectivity index (χ3v) is 5.26. The summed E-state index contributed by atoms with van der Waals surface area (Å²) in [5, 5.41) is 4.04. The Kier molecular flexibility index (Phi) is 4.88. The minimum absolute atomic E-state index is 0.164. The zero-order valence-electron chi connectivity index (χ0n) is 14.8. The monoisotopic (exact) mass is 430 g/mol. The predicted molar refractivity (Wildman–Crippen MR) is 104 cm³/mol. The van der Waals surface area contributed by atoms with Gasteiger partial charge in [-0.1, -0.05) is 28.1 Å². The van der Waals surface area contributed by atoms with Gasteiger partial charge in [-0.15, -0.1) is 0 Å². The second kappa shape index (κ2) is 7.32. The maximum absolute atomic E-state index is 12.4. The fourth-order valence-corrected chi connectivity index (χ4v) is 3.63. The molecule has 2 aromatic carbocycles. The standard InChI is InChI=1S/C20H19BrN2O4/c1-20(10-19(24)23-22-11-13-2-4-15(21)5-3-13)16-9-18-17(25-12-26-18)8-14(16)6-7-27-20/h2-5,8-9,11H,6-7,10,12H2,1H3,(H,23,24)/b22-11-. The molecular weight excluding hydrogens is 412 g/mol. The fourth-order valence-electron chi connectivity index (χ4n) is 3.37. The lowest BCUT2D eigenvalue weighted by molar-refractivity contribution is -0.130. The van der Waals surface area contributed by atoms with Crippen molar-refractivity contribution in [3.8, 4) is 11.5 Å². The van der Waals surface area contributed by atoms with Crippen LogP contribution < -0.4 is 14.9 Å². The molecule has 1 amide bonds. The largest absolute Gasteiger partial charge is 0.454 e. The predicted octanol–water partition coefficient (Wildman–Crippen LogP) is 3.51. The third kappa shape index (κ3) is 3.84. The van der Waals surface area contributed by atoms with Crippen LogP contribution >= 0.6 is 15.9 Å². The molecular formula is C20H19BrN2O4. The number of nitrogens with zero attached hydrogens (tertiary/aromatic N) is 1. The van der Waals surface area contributed by atoms with Gasteiger partial charge in [0.1, 0.15) is 0 Å². The molecule has 0 spiro atoms. The second-order valence-electron chi connectivity index (χ2n) is 6.71. The highest BCUT2D eigenvalue weighted by molar-refractivity contribution is 9.10. The van der Waals surface area contributed by atoms with Crippen molar-refractivity contribution in [3.63, 3.8) is 0 Å².